The Morgan fingerprint density at radius 3 is 2.64 bits per heavy atom. The first-order valence-corrected chi connectivity index (χ1v) is 4.31. The van der Waals surface area contributed by atoms with Crippen molar-refractivity contribution in [2.75, 3.05) is 7.11 Å². The summed E-state index contributed by atoms with van der Waals surface area (Å²) in [5.74, 6) is -0.558. The fourth-order valence-electron chi connectivity index (χ4n) is 1.15. The van der Waals surface area contributed by atoms with E-state index >= 15 is 0 Å². The molecule has 0 aliphatic heterocycles. The molecule has 0 bridgehead atoms. The van der Waals surface area contributed by atoms with Gasteiger partial charge in [-0.2, -0.15) is 0 Å². The van der Waals surface area contributed by atoms with E-state index in [4.69, 9.17) is 11.6 Å². The fourth-order valence-corrected chi connectivity index (χ4v) is 1.47. The number of halogens is 1. The summed E-state index contributed by atoms with van der Waals surface area (Å²) in [5, 5.41) is 0.264. The summed E-state index contributed by atoms with van der Waals surface area (Å²) < 4.78 is 4.53. The summed E-state index contributed by atoms with van der Waals surface area (Å²) in [6.45, 7) is 1.78. The number of methoxy groups -OCH3 is 1. The van der Waals surface area contributed by atoms with Crippen LogP contribution < -0.4 is 0 Å². The van der Waals surface area contributed by atoms with Gasteiger partial charge >= 0.3 is 5.97 Å². The van der Waals surface area contributed by atoms with Gasteiger partial charge in [0.15, 0.2) is 6.29 Å². The number of hydrogen-bond acceptors (Lipinski definition) is 3. The van der Waals surface area contributed by atoms with Crippen molar-refractivity contribution in [2.24, 2.45) is 0 Å². The van der Waals surface area contributed by atoms with Gasteiger partial charge < -0.3 is 4.74 Å². The van der Waals surface area contributed by atoms with Crippen molar-refractivity contribution in [3.05, 3.63) is 33.8 Å². The van der Waals surface area contributed by atoms with Gasteiger partial charge in [-0.15, -0.1) is 0 Å². The van der Waals surface area contributed by atoms with Gasteiger partial charge in [-0.3, -0.25) is 4.79 Å². The van der Waals surface area contributed by atoms with Gasteiger partial charge in [0.05, 0.1) is 17.7 Å². The molecule has 0 unspecified atom stereocenters. The zero-order valence-electron chi connectivity index (χ0n) is 7.83. The quantitative estimate of drug-likeness (QED) is 0.558. The summed E-state index contributed by atoms with van der Waals surface area (Å²) in [6.07, 6.45) is 0.550. The van der Waals surface area contributed by atoms with E-state index in [1.54, 1.807) is 19.1 Å². The van der Waals surface area contributed by atoms with Crippen LogP contribution >= 0.6 is 11.6 Å². The summed E-state index contributed by atoms with van der Waals surface area (Å²) in [5.41, 5.74) is 1.18. The maximum Gasteiger partial charge on any atom is 0.338 e. The minimum absolute atomic E-state index is 0.170. The summed E-state index contributed by atoms with van der Waals surface area (Å²) >= 11 is 5.80. The van der Waals surface area contributed by atoms with Crippen LogP contribution in [-0.4, -0.2) is 19.4 Å². The minimum Gasteiger partial charge on any atom is -0.465 e. The maximum atomic E-state index is 11.3. The summed E-state index contributed by atoms with van der Waals surface area (Å²) in [4.78, 5) is 21.9. The van der Waals surface area contributed by atoms with E-state index in [-0.39, 0.29) is 16.1 Å². The second-order valence-electron chi connectivity index (χ2n) is 2.82. The van der Waals surface area contributed by atoms with Crippen LogP contribution in [0.2, 0.25) is 5.02 Å². The second-order valence-corrected chi connectivity index (χ2v) is 3.22. The second kappa shape index (κ2) is 4.24. The Morgan fingerprint density at radius 2 is 2.14 bits per heavy atom. The van der Waals surface area contributed by atoms with Gasteiger partial charge in [0.25, 0.3) is 0 Å². The molecule has 0 saturated heterocycles. The average molecular weight is 213 g/mol. The van der Waals surface area contributed by atoms with Gasteiger partial charge in [0.2, 0.25) is 0 Å². The minimum atomic E-state index is -0.558. The van der Waals surface area contributed by atoms with Crippen LogP contribution in [0, 0.1) is 6.92 Å². The first-order chi connectivity index (χ1) is 6.60. The number of ether oxygens (including phenoxy) is 1. The zero-order chi connectivity index (χ0) is 10.7. The maximum absolute atomic E-state index is 11.3. The van der Waals surface area contributed by atoms with Crippen molar-refractivity contribution >= 4 is 23.9 Å². The van der Waals surface area contributed by atoms with E-state index in [0.717, 1.165) is 5.56 Å². The number of benzene rings is 1. The van der Waals surface area contributed by atoms with Crippen LogP contribution in [0.15, 0.2) is 12.1 Å². The Hall–Kier alpha value is -1.35. The van der Waals surface area contributed by atoms with E-state index in [2.05, 4.69) is 4.74 Å². The van der Waals surface area contributed by atoms with Crippen LogP contribution in [0.3, 0.4) is 0 Å². The molecule has 0 aliphatic carbocycles. The molecule has 3 nitrogen and oxygen atoms in total. The van der Waals surface area contributed by atoms with E-state index in [9.17, 15) is 9.59 Å². The largest absolute Gasteiger partial charge is 0.465 e. The molecule has 1 aromatic carbocycles. The molecule has 0 radical (unpaired) electrons. The van der Waals surface area contributed by atoms with Gasteiger partial charge in [-0.25, -0.2) is 4.79 Å². The Morgan fingerprint density at radius 1 is 1.50 bits per heavy atom. The lowest BCUT2D eigenvalue weighted by Gasteiger charge is -2.05. The molecule has 74 valence electrons. The Bertz CT molecular complexity index is 385. The van der Waals surface area contributed by atoms with E-state index in [1.807, 2.05) is 0 Å². The van der Waals surface area contributed by atoms with Crippen LogP contribution in [0.25, 0.3) is 0 Å². The molecule has 0 atom stereocenters. The lowest BCUT2D eigenvalue weighted by Crippen LogP contribution is -2.06. The molecule has 0 fully saturated rings. The lowest BCUT2D eigenvalue weighted by molar-refractivity contribution is 0.0598. The number of carbonyl (C=O) groups excluding carboxylic acids is 2. The molecule has 0 aliphatic rings. The molecule has 0 amide bonds. The molecule has 0 heterocycles. The first-order valence-electron chi connectivity index (χ1n) is 3.93. The zero-order valence-corrected chi connectivity index (χ0v) is 8.59. The average Bonchev–Trinajstić information content (AvgIpc) is 2.15. The molecule has 0 aromatic heterocycles. The fraction of sp³-hybridized carbons (Fsp3) is 0.200. The monoisotopic (exact) mass is 212 g/mol. The highest BCUT2D eigenvalue weighted by atomic mass is 35.5. The van der Waals surface area contributed by atoms with Crippen molar-refractivity contribution in [1.29, 1.82) is 0 Å². The molecule has 0 saturated carbocycles. The predicted molar refractivity (Wildman–Crippen MR) is 52.9 cm³/mol. The van der Waals surface area contributed by atoms with Gasteiger partial charge in [-0.1, -0.05) is 11.6 Å². The molecular weight excluding hydrogens is 204 g/mol. The van der Waals surface area contributed by atoms with Crippen LogP contribution in [0.1, 0.15) is 26.3 Å². The Balaban J connectivity index is 3.39. The van der Waals surface area contributed by atoms with E-state index in [0.29, 0.717) is 6.29 Å². The number of carbonyl (C=O) groups is 2. The van der Waals surface area contributed by atoms with Crippen molar-refractivity contribution < 1.29 is 14.3 Å². The topological polar surface area (TPSA) is 43.4 Å². The standard InChI is InChI=1S/C10H9ClO3/c1-6-3-7(10(13)14-2)8(5-12)9(11)4-6/h3-5H,1-2H3. The Labute approximate surface area is 86.6 Å². The number of aldehydes is 1. The third-order valence-electron chi connectivity index (χ3n) is 1.80. The molecular formula is C10H9ClO3. The molecule has 4 heteroatoms. The first kappa shape index (κ1) is 10.7. The van der Waals surface area contributed by atoms with Crippen molar-refractivity contribution in [3.8, 4) is 0 Å². The lowest BCUT2D eigenvalue weighted by atomic mass is 10.1. The summed E-state index contributed by atoms with van der Waals surface area (Å²) in [6, 6.07) is 3.19. The normalized spacial score (nSPS) is 9.64. The van der Waals surface area contributed by atoms with Gasteiger partial charge in [-0.05, 0) is 24.6 Å². The third-order valence-corrected chi connectivity index (χ3v) is 2.11. The highest BCUT2D eigenvalue weighted by Crippen LogP contribution is 2.21. The molecule has 0 spiro atoms. The third kappa shape index (κ3) is 1.93. The number of hydrogen-bond donors (Lipinski definition) is 0. The van der Waals surface area contributed by atoms with Crippen LogP contribution in [0.5, 0.6) is 0 Å². The van der Waals surface area contributed by atoms with E-state index < -0.39 is 5.97 Å². The van der Waals surface area contributed by atoms with Gasteiger partial charge in [0, 0.05) is 5.56 Å². The molecule has 1 aromatic rings. The van der Waals surface area contributed by atoms with E-state index in [1.165, 1.54) is 7.11 Å². The molecule has 14 heavy (non-hydrogen) atoms. The van der Waals surface area contributed by atoms with Crippen LogP contribution in [-0.2, 0) is 4.74 Å². The number of esters is 1. The Kier molecular flexibility index (Phi) is 3.25. The van der Waals surface area contributed by atoms with Crippen molar-refractivity contribution in [3.63, 3.8) is 0 Å². The number of rotatable bonds is 2. The highest BCUT2D eigenvalue weighted by molar-refractivity contribution is 6.33. The molecule has 1 rings (SSSR count). The van der Waals surface area contributed by atoms with Gasteiger partial charge in [0.1, 0.15) is 0 Å². The van der Waals surface area contributed by atoms with Crippen LogP contribution in [0.4, 0.5) is 0 Å². The smallest absolute Gasteiger partial charge is 0.338 e. The molecule has 0 N–H and O–H groups in total. The number of aryl methyl sites for hydroxylation is 1. The highest BCUT2D eigenvalue weighted by Gasteiger charge is 2.14. The predicted octanol–water partition coefficient (Wildman–Crippen LogP) is 2.25. The van der Waals surface area contributed by atoms with Crippen molar-refractivity contribution in [1.82, 2.24) is 0 Å². The van der Waals surface area contributed by atoms with Crippen molar-refractivity contribution in [2.45, 2.75) is 6.92 Å². The summed E-state index contributed by atoms with van der Waals surface area (Å²) in [7, 11) is 1.26. The SMILES string of the molecule is COC(=O)c1cc(C)cc(Cl)c1C=O.